The molecule has 0 aliphatic carbocycles. The molecule has 1 aliphatic heterocycles. The third-order valence-electron chi connectivity index (χ3n) is 3.66. The number of benzene rings is 1. The maximum absolute atomic E-state index is 12.4. The number of fused-ring (bicyclic) bond motifs is 1. The lowest BCUT2D eigenvalue weighted by Crippen LogP contribution is -2.50. The zero-order chi connectivity index (χ0) is 15.4. The molecular weight excluding hydrogens is 268 g/mol. The van der Waals surface area contributed by atoms with Gasteiger partial charge in [-0.1, -0.05) is 26.0 Å². The summed E-state index contributed by atoms with van der Waals surface area (Å²) in [5, 5.41) is 2.89. The molecule has 2 atom stereocenters. The number of nitrogens with one attached hydrogen (secondary N) is 1. The average Bonchev–Trinajstić information content (AvgIpc) is 2.49. The predicted molar refractivity (Wildman–Crippen MR) is 81.4 cm³/mol. The van der Waals surface area contributed by atoms with Gasteiger partial charge in [0, 0.05) is 6.04 Å². The van der Waals surface area contributed by atoms with E-state index in [4.69, 9.17) is 4.74 Å². The van der Waals surface area contributed by atoms with E-state index in [2.05, 4.69) is 5.32 Å². The Morgan fingerprint density at radius 3 is 2.76 bits per heavy atom. The second-order valence-corrected chi connectivity index (χ2v) is 5.28. The SMILES string of the molecule is CCC(C)NC(=O)CN1C(=O)C(CC)Oc2ccccc21. The summed E-state index contributed by atoms with van der Waals surface area (Å²) in [5.74, 6) is 0.347. The highest BCUT2D eigenvalue weighted by molar-refractivity contribution is 6.03. The van der Waals surface area contributed by atoms with Gasteiger partial charge in [0.25, 0.3) is 5.91 Å². The van der Waals surface area contributed by atoms with Gasteiger partial charge in [-0.25, -0.2) is 0 Å². The van der Waals surface area contributed by atoms with Crippen molar-refractivity contribution in [3.63, 3.8) is 0 Å². The molecule has 2 rings (SSSR count). The smallest absolute Gasteiger partial charge is 0.268 e. The van der Waals surface area contributed by atoms with Crippen molar-refractivity contribution in [1.29, 1.82) is 0 Å². The number of anilines is 1. The Bertz CT molecular complexity index is 530. The van der Waals surface area contributed by atoms with Crippen LogP contribution in [0.2, 0.25) is 0 Å². The molecule has 0 saturated carbocycles. The zero-order valence-electron chi connectivity index (χ0n) is 12.8. The Labute approximate surface area is 125 Å². The van der Waals surface area contributed by atoms with E-state index in [9.17, 15) is 9.59 Å². The van der Waals surface area contributed by atoms with Crippen molar-refractivity contribution in [2.75, 3.05) is 11.4 Å². The number of carbonyl (C=O) groups excluding carboxylic acids is 2. The van der Waals surface area contributed by atoms with Gasteiger partial charge < -0.3 is 10.1 Å². The number of ether oxygens (including phenoxy) is 1. The second kappa shape index (κ2) is 6.61. The number of amides is 2. The minimum atomic E-state index is -0.517. The molecule has 21 heavy (non-hydrogen) atoms. The molecular formula is C16H22N2O3. The Hall–Kier alpha value is -2.04. The standard InChI is InChI=1S/C16H22N2O3/c1-4-11(3)17-15(19)10-18-12-8-6-7-9-14(12)21-13(5-2)16(18)20/h6-9,11,13H,4-5,10H2,1-3H3,(H,17,19). The van der Waals surface area contributed by atoms with E-state index < -0.39 is 6.10 Å². The summed E-state index contributed by atoms with van der Waals surface area (Å²) in [6.45, 7) is 5.88. The maximum atomic E-state index is 12.4. The summed E-state index contributed by atoms with van der Waals surface area (Å²) in [4.78, 5) is 26.0. The molecule has 2 amide bonds. The van der Waals surface area contributed by atoms with E-state index in [1.165, 1.54) is 4.90 Å². The van der Waals surface area contributed by atoms with E-state index in [0.717, 1.165) is 6.42 Å². The highest BCUT2D eigenvalue weighted by Crippen LogP contribution is 2.34. The molecule has 0 radical (unpaired) electrons. The fourth-order valence-electron chi connectivity index (χ4n) is 2.26. The van der Waals surface area contributed by atoms with Crippen LogP contribution in [0.3, 0.4) is 0 Å². The van der Waals surface area contributed by atoms with Gasteiger partial charge in [-0.15, -0.1) is 0 Å². The quantitative estimate of drug-likeness (QED) is 0.903. The fourth-order valence-corrected chi connectivity index (χ4v) is 2.26. The van der Waals surface area contributed by atoms with Crippen LogP contribution in [0.25, 0.3) is 0 Å². The molecule has 5 heteroatoms. The number of para-hydroxylation sites is 2. The third-order valence-corrected chi connectivity index (χ3v) is 3.66. The van der Waals surface area contributed by atoms with Crippen molar-refractivity contribution >= 4 is 17.5 Å². The lowest BCUT2D eigenvalue weighted by Gasteiger charge is -2.33. The molecule has 0 fully saturated rings. The molecule has 0 spiro atoms. The normalized spacial score (nSPS) is 18.7. The van der Waals surface area contributed by atoms with E-state index in [-0.39, 0.29) is 24.4 Å². The predicted octanol–water partition coefficient (Wildman–Crippen LogP) is 2.11. The topological polar surface area (TPSA) is 58.6 Å². The number of hydrogen-bond donors (Lipinski definition) is 1. The van der Waals surface area contributed by atoms with Crippen molar-refractivity contribution in [3.05, 3.63) is 24.3 Å². The van der Waals surface area contributed by atoms with Crippen LogP contribution in [-0.4, -0.2) is 30.5 Å². The van der Waals surface area contributed by atoms with Crippen LogP contribution in [-0.2, 0) is 9.59 Å². The van der Waals surface area contributed by atoms with Gasteiger partial charge in [0.15, 0.2) is 6.10 Å². The number of hydrogen-bond acceptors (Lipinski definition) is 3. The molecule has 1 heterocycles. The molecule has 1 aromatic rings. The van der Waals surface area contributed by atoms with Crippen LogP contribution in [0, 0.1) is 0 Å². The van der Waals surface area contributed by atoms with E-state index in [1.54, 1.807) is 6.07 Å². The molecule has 0 aromatic heterocycles. The van der Waals surface area contributed by atoms with Crippen LogP contribution in [0.4, 0.5) is 5.69 Å². The van der Waals surface area contributed by atoms with Crippen molar-refractivity contribution in [2.45, 2.75) is 45.8 Å². The first-order valence-corrected chi connectivity index (χ1v) is 7.43. The average molecular weight is 290 g/mol. The Morgan fingerprint density at radius 1 is 1.38 bits per heavy atom. The Morgan fingerprint density at radius 2 is 2.10 bits per heavy atom. The number of nitrogens with zero attached hydrogens (tertiary/aromatic N) is 1. The lowest BCUT2D eigenvalue weighted by atomic mass is 10.1. The highest BCUT2D eigenvalue weighted by Gasteiger charge is 2.34. The van der Waals surface area contributed by atoms with Crippen LogP contribution in [0.1, 0.15) is 33.6 Å². The summed E-state index contributed by atoms with van der Waals surface area (Å²) in [6, 6.07) is 7.42. The molecule has 114 valence electrons. The lowest BCUT2D eigenvalue weighted by molar-refractivity contribution is -0.129. The van der Waals surface area contributed by atoms with Crippen molar-refractivity contribution in [1.82, 2.24) is 5.32 Å². The van der Waals surface area contributed by atoms with Gasteiger partial charge in [0.1, 0.15) is 12.3 Å². The van der Waals surface area contributed by atoms with Gasteiger partial charge >= 0.3 is 0 Å². The first kappa shape index (κ1) is 15.4. The summed E-state index contributed by atoms with van der Waals surface area (Å²) in [6.07, 6.45) is 0.921. The van der Waals surface area contributed by atoms with E-state index in [0.29, 0.717) is 17.9 Å². The maximum Gasteiger partial charge on any atom is 0.268 e. The van der Waals surface area contributed by atoms with Gasteiger partial charge in [0.2, 0.25) is 5.91 Å². The summed E-state index contributed by atoms with van der Waals surface area (Å²) in [7, 11) is 0. The van der Waals surface area contributed by atoms with Gasteiger partial charge in [0.05, 0.1) is 5.69 Å². The van der Waals surface area contributed by atoms with Crippen LogP contribution >= 0.6 is 0 Å². The van der Waals surface area contributed by atoms with Gasteiger partial charge in [-0.2, -0.15) is 0 Å². The number of carbonyl (C=O) groups is 2. The molecule has 1 aromatic carbocycles. The van der Waals surface area contributed by atoms with Crippen molar-refractivity contribution in [2.24, 2.45) is 0 Å². The molecule has 0 bridgehead atoms. The first-order valence-electron chi connectivity index (χ1n) is 7.43. The molecule has 1 aliphatic rings. The fraction of sp³-hybridized carbons (Fsp3) is 0.500. The Kier molecular flexibility index (Phi) is 4.83. The van der Waals surface area contributed by atoms with Crippen molar-refractivity contribution in [3.8, 4) is 5.75 Å². The second-order valence-electron chi connectivity index (χ2n) is 5.28. The summed E-state index contributed by atoms with van der Waals surface area (Å²) >= 11 is 0. The molecule has 5 nitrogen and oxygen atoms in total. The summed E-state index contributed by atoms with van der Waals surface area (Å²) in [5.41, 5.74) is 0.659. The minimum Gasteiger partial charge on any atom is -0.478 e. The number of rotatable bonds is 5. The third kappa shape index (κ3) is 3.35. The minimum absolute atomic E-state index is 0.0278. The highest BCUT2D eigenvalue weighted by atomic mass is 16.5. The Balaban J connectivity index is 2.20. The van der Waals surface area contributed by atoms with Crippen LogP contribution in [0.15, 0.2) is 24.3 Å². The van der Waals surface area contributed by atoms with Crippen molar-refractivity contribution < 1.29 is 14.3 Å². The zero-order valence-corrected chi connectivity index (χ0v) is 12.8. The first-order chi connectivity index (χ1) is 10.1. The summed E-state index contributed by atoms with van der Waals surface area (Å²) < 4.78 is 5.68. The van der Waals surface area contributed by atoms with E-state index >= 15 is 0 Å². The van der Waals surface area contributed by atoms with Gasteiger partial charge in [-0.3, -0.25) is 14.5 Å². The van der Waals surface area contributed by atoms with Crippen LogP contribution < -0.4 is 15.0 Å². The van der Waals surface area contributed by atoms with E-state index in [1.807, 2.05) is 39.0 Å². The molecule has 1 N–H and O–H groups in total. The largest absolute Gasteiger partial charge is 0.478 e. The van der Waals surface area contributed by atoms with Gasteiger partial charge in [-0.05, 0) is 31.9 Å². The van der Waals surface area contributed by atoms with Crippen LogP contribution in [0.5, 0.6) is 5.75 Å². The molecule has 0 saturated heterocycles. The monoisotopic (exact) mass is 290 g/mol. The molecule has 2 unspecified atom stereocenters.